The molecule has 1 amide bonds. The van der Waals surface area contributed by atoms with E-state index < -0.39 is 0 Å². The van der Waals surface area contributed by atoms with Gasteiger partial charge in [0.25, 0.3) is 0 Å². The highest BCUT2D eigenvalue weighted by molar-refractivity contribution is 5.80. The molecule has 3 aromatic rings. The molecule has 1 saturated heterocycles. The molecule has 0 radical (unpaired) electrons. The second-order valence-electron chi connectivity index (χ2n) is 7.65. The molecule has 1 aromatic heterocycles. The second-order valence-corrected chi connectivity index (χ2v) is 7.65. The van der Waals surface area contributed by atoms with Crippen LogP contribution in [0, 0.1) is 0 Å². The number of hydrogen-bond donors (Lipinski definition) is 0. The zero-order chi connectivity index (χ0) is 23.9. The summed E-state index contributed by atoms with van der Waals surface area (Å²) in [6, 6.07) is 11.1. The first-order chi connectivity index (χ1) is 16.6. The van der Waals surface area contributed by atoms with Crippen LogP contribution in [-0.2, 0) is 16.0 Å². The molecule has 10 heteroatoms. The Bertz CT molecular complexity index is 1090. The molecule has 0 N–H and O–H groups in total. The molecule has 0 aliphatic carbocycles. The number of carbonyl (C=O) groups excluding carboxylic acids is 1. The van der Waals surface area contributed by atoms with E-state index in [-0.39, 0.29) is 18.4 Å². The summed E-state index contributed by atoms with van der Waals surface area (Å²) in [5, 5.41) is 4.11. The van der Waals surface area contributed by atoms with Crippen molar-refractivity contribution in [3.63, 3.8) is 0 Å². The number of methoxy groups -OCH3 is 3. The number of rotatable bonds is 9. The molecule has 1 unspecified atom stereocenters. The minimum absolute atomic E-state index is 0.0176. The van der Waals surface area contributed by atoms with Crippen molar-refractivity contribution >= 4 is 5.91 Å². The average Bonchev–Trinajstić information content (AvgIpc) is 3.42. The summed E-state index contributed by atoms with van der Waals surface area (Å²) < 4.78 is 29.6. The van der Waals surface area contributed by atoms with Crippen molar-refractivity contribution in [2.24, 2.45) is 0 Å². The van der Waals surface area contributed by atoms with E-state index in [4.69, 9.17) is 23.7 Å². The number of amides is 1. The number of morpholine rings is 1. The summed E-state index contributed by atoms with van der Waals surface area (Å²) in [4.78, 5) is 18.8. The van der Waals surface area contributed by atoms with Crippen molar-refractivity contribution in [1.82, 2.24) is 19.7 Å². The fraction of sp³-hybridized carbons (Fsp3) is 0.375. The molecular weight excluding hydrogens is 440 g/mol. The van der Waals surface area contributed by atoms with E-state index in [0.29, 0.717) is 49.3 Å². The van der Waals surface area contributed by atoms with E-state index in [1.165, 1.54) is 6.33 Å². The zero-order valence-electron chi connectivity index (χ0n) is 19.5. The molecule has 180 valence electrons. The fourth-order valence-corrected chi connectivity index (χ4v) is 3.85. The van der Waals surface area contributed by atoms with Crippen LogP contribution >= 0.6 is 0 Å². The van der Waals surface area contributed by atoms with Gasteiger partial charge in [0.2, 0.25) is 11.7 Å². The van der Waals surface area contributed by atoms with Crippen LogP contribution in [0.4, 0.5) is 0 Å². The number of nitrogens with zero attached hydrogens (tertiary/aromatic N) is 4. The molecule has 4 rings (SSSR count). The minimum atomic E-state index is -0.222. The number of aromatic nitrogens is 3. The van der Waals surface area contributed by atoms with Gasteiger partial charge in [-0.25, -0.2) is 9.67 Å². The van der Waals surface area contributed by atoms with Gasteiger partial charge >= 0.3 is 0 Å². The monoisotopic (exact) mass is 468 g/mol. The summed E-state index contributed by atoms with van der Waals surface area (Å²) in [5.41, 5.74) is 1.62. The fourth-order valence-electron chi connectivity index (χ4n) is 3.85. The van der Waals surface area contributed by atoms with Gasteiger partial charge in [-0.2, -0.15) is 5.10 Å². The molecule has 1 aliphatic heterocycles. The highest BCUT2D eigenvalue weighted by atomic mass is 16.5. The third kappa shape index (κ3) is 5.23. The number of ether oxygens (including phenoxy) is 5. The van der Waals surface area contributed by atoms with Crippen LogP contribution in [-0.4, -0.2) is 79.3 Å². The Kier molecular flexibility index (Phi) is 7.48. The van der Waals surface area contributed by atoms with Crippen LogP contribution in [0.3, 0.4) is 0 Å². The highest BCUT2D eigenvalue weighted by Crippen LogP contribution is 2.40. The quantitative estimate of drug-likeness (QED) is 0.471. The summed E-state index contributed by atoms with van der Waals surface area (Å²) in [5.74, 6) is 2.21. The molecule has 10 nitrogen and oxygen atoms in total. The predicted molar refractivity (Wildman–Crippen MR) is 123 cm³/mol. The molecular formula is C24H28N4O6. The topological polar surface area (TPSA) is 97.2 Å². The summed E-state index contributed by atoms with van der Waals surface area (Å²) in [6.07, 6.45) is 3.08. The van der Waals surface area contributed by atoms with Crippen molar-refractivity contribution in [1.29, 1.82) is 0 Å². The summed E-state index contributed by atoms with van der Waals surface area (Å²) in [7, 11) is 4.65. The van der Waals surface area contributed by atoms with Gasteiger partial charge in [0.05, 0.1) is 46.6 Å². The van der Waals surface area contributed by atoms with E-state index in [2.05, 4.69) is 10.1 Å². The van der Waals surface area contributed by atoms with Gasteiger partial charge < -0.3 is 28.6 Å². The number of carbonyl (C=O) groups is 1. The van der Waals surface area contributed by atoms with Crippen molar-refractivity contribution in [3.05, 3.63) is 54.6 Å². The Morgan fingerprint density at radius 1 is 1.06 bits per heavy atom. The Morgan fingerprint density at radius 2 is 1.85 bits per heavy atom. The Labute approximate surface area is 198 Å². The van der Waals surface area contributed by atoms with Gasteiger partial charge in [0.15, 0.2) is 11.5 Å². The molecule has 1 fully saturated rings. The van der Waals surface area contributed by atoms with E-state index in [9.17, 15) is 4.79 Å². The highest BCUT2D eigenvalue weighted by Gasteiger charge is 2.26. The Morgan fingerprint density at radius 3 is 2.53 bits per heavy atom. The lowest BCUT2D eigenvalue weighted by Gasteiger charge is -2.33. The number of hydrogen-bond acceptors (Lipinski definition) is 8. The van der Waals surface area contributed by atoms with Crippen molar-refractivity contribution in [3.8, 4) is 28.7 Å². The van der Waals surface area contributed by atoms with Crippen LogP contribution in [0.15, 0.2) is 49.1 Å². The molecule has 0 spiro atoms. The first-order valence-electron chi connectivity index (χ1n) is 10.9. The normalized spacial score (nSPS) is 15.6. The standard InChI is InChI=1S/C24H28N4O6/c1-30-21-9-4-17(23(31-2)24(21)32-3)12-22(29)27-10-11-33-20(13-27)14-34-19-7-5-18(6-8-19)28-16-25-15-26-28/h4-9,15-16,20H,10-14H2,1-3H3. The largest absolute Gasteiger partial charge is 0.493 e. The SMILES string of the molecule is COc1ccc(CC(=O)N2CCOC(COc3ccc(-n4cncn4)cc3)C2)c(OC)c1OC. The Hall–Kier alpha value is -3.79. The van der Waals surface area contributed by atoms with Gasteiger partial charge in [0.1, 0.15) is 31.1 Å². The lowest BCUT2D eigenvalue weighted by atomic mass is 10.1. The Balaban J connectivity index is 1.34. The third-order valence-electron chi connectivity index (χ3n) is 5.57. The molecule has 34 heavy (non-hydrogen) atoms. The van der Waals surface area contributed by atoms with Gasteiger partial charge in [0, 0.05) is 12.1 Å². The average molecular weight is 469 g/mol. The predicted octanol–water partition coefficient (Wildman–Crippen LogP) is 2.14. The van der Waals surface area contributed by atoms with Crippen LogP contribution in [0.1, 0.15) is 5.56 Å². The van der Waals surface area contributed by atoms with Crippen LogP contribution < -0.4 is 18.9 Å². The lowest BCUT2D eigenvalue weighted by Crippen LogP contribution is -2.48. The lowest BCUT2D eigenvalue weighted by molar-refractivity contribution is -0.139. The molecule has 0 bridgehead atoms. The van der Waals surface area contributed by atoms with Crippen LogP contribution in [0.25, 0.3) is 5.69 Å². The smallest absolute Gasteiger partial charge is 0.227 e. The summed E-state index contributed by atoms with van der Waals surface area (Å²) in [6.45, 7) is 1.77. The van der Waals surface area contributed by atoms with E-state index in [1.807, 2.05) is 30.3 Å². The molecule has 1 atom stereocenters. The zero-order valence-corrected chi connectivity index (χ0v) is 19.5. The molecule has 2 aromatic carbocycles. The maximum atomic E-state index is 13.0. The summed E-state index contributed by atoms with van der Waals surface area (Å²) >= 11 is 0. The van der Waals surface area contributed by atoms with Crippen molar-refractivity contribution in [2.45, 2.75) is 12.5 Å². The maximum absolute atomic E-state index is 13.0. The van der Waals surface area contributed by atoms with E-state index >= 15 is 0 Å². The van der Waals surface area contributed by atoms with E-state index in [1.54, 1.807) is 43.3 Å². The number of benzene rings is 2. The molecule has 1 aliphatic rings. The van der Waals surface area contributed by atoms with Gasteiger partial charge in [-0.15, -0.1) is 0 Å². The van der Waals surface area contributed by atoms with Crippen molar-refractivity contribution < 1.29 is 28.5 Å². The van der Waals surface area contributed by atoms with Crippen molar-refractivity contribution in [2.75, 3.05) is 47.6 Å². The second kappa shape index (κ2) is 10.9. The van der Waals surface area contributed by atoms with Crippen LogP contribution in [0.5, 0.6) is 23.0 Å². The van der Waals surface area contributed by atoms with Crippen LogP contribution in [0.2, 0.25) is 0 Å². The van der Waals surface area contributed by atoms with Gasteiger partial charge in [-0.3, -0.25) is 4.79 Å². The van der Waals surface area contributed by atoms with Gasteiger partial charge in [-0.05, 0) is 30.3 Å². The van der Waals surface area contributed by atoms with Gasteiger partial charge in [-0.1, -0.05) is 6.07 Å². The minimum Gasteiger partial charge on any atom is -0.493 e. The van der Waals surface area contributed by atoms with E-state index in [0.717, 1.165) is 11.3 Å². The molecule has 2 heterocycles. The molecule has 0 saturated carbocycles. The first-order valence-corrected chi connectivity index (χ1v) is 10.9. The maximum Gasteiger partial charge on any atom is 0.227 e. The third-order valence-corrected chi connectivity index (χ3v) is 5.57. The first kappa shape index (κ1) is 23.4.